The van der Waals surface area contributed by atoms with Crippen LogP contribution in [0, 0.1) is 0 Å². The quantitative estimate of drug-likeness (QED) is 0.625. The van der Waals surface area contributed by atoms with Crippen molar-refractivity contribution in [1.82, 2.24) is 19.6 Å². The van der Waals surface area contributed by atoms with E-state index >= 15 is 0 Å². The van der Waals surface area contributed by atoms with Crippen molar-refractivity contribution in [2.75, 3.05) is 5.32 Å². The number of anilines is 1. The number of benzene rings is 1. The molecule has 8 nitrogen and oxygen atoms in total. The number of carboxylic acids is 1. The van der Waals surface area contributed by atoms with Gasteiger partial charge in [-0.25, -0.2) is 0 Å². The molecule has 0 saturated carbocycles. The van der Waals surface area contributed by atoms with Crippen molar-refractivity contribution in [3.8, 4) is 0 Å². The van der Waals surface area contributed by atoms with Crippen LogP contribution in [0.3, 0.4) is 0 Å². The SMILES string of the molecule is O=C(O)CCn1ccc(C(=O)Nc2nn(Cc3ccccc3Cl)cc2Cl)n1. The van der Waals surface area contributed by atoms with E-state index in [1.54, 1.807) is 16.9 Å². The third-order valence-electron chi connectivity index (χ3n) is 3.67. The average molecular weight is 408 g/mol. The Morgan fingerprint density at radius 2 is 1.85 bits per heavy atom. The average Bonchev–Trinajstić information content (AvgIpc) is 3.22. The predicted molar refractivity (Wildman–Crippen MR) is 100 cm³/mol. The molecule has 0 bridgehead atoms. The van der Waals surface area contributed by atoms with Crippen LogP contribution < -0.4 is 5.32 Å². The second-order valence-corrected chi connectivity index (χ2v) is 6.49. The first-order valence-corrected chi connectivity index (χ1v) is 8.71. The van der Waals surface area contributed by atoms with E-state index in [1.807, 2.05) is 18.2 Å². The van der Waals surface area contributed by atoms with Crippen molar-refractivity contribution in [3.05, 3.63) is 64.0 Å². The fourth-order valence-electron chi connectivity index (χ4n) is 2.35. The molecule has 0 spiro atoms. The van der Waals surface area contributed by atoms with Gasteiger partial charge in [-0.15, -0.1) is 0 Å². The number of carbonyl (C=O) groups is 2. The van der Waals surface area contributed by atoms with Crippen LogP contribution in [0.15, 0.2) is 42.7 Å². The van der Waals surface area contributed by atoms with Crippen molar-refractivity contribution in [2.45, 2.75) is 19.5 Å². The summed E-state index contributed by atoms with van der Waals surface area (Å²) in [6, 6.07) is 8.86. The molecule has 2 aromatic heterocycles. The number of nitrogens with one attached hydrogen (secondary N) is 1. The Kier molecular flexibility index (Phi) is 5.78. The van der Waals surface area contributed by atoms with Crippen LogP contribution in [-0.2, 0) is 17.9 Å². The largest absolute Gasteiger partial charge is 0.481 e. The number of carbonyl (C=O) groups excluding carboxylic acids is 1. The van der Waals surface area contributed by atoms with E-state index in [-0.39, 0.29) is 29.5 Å². The topological polar surface area (TPSA) is 102 Å². The smallest absolute Gasteiger partial charge is 0.305 e. The molecule has 3 rings (SSSR count). The Labute approximate surface area is 164 Å². The molecule has 1 amide bonds. The molecule has 2 heterocycles. The van der Waals surface area contributed by atoms with Crippen LogP contribution in [0.4, 0.5) is 5.82 Å². The van der Waals surface area contributed by atoms with Crippen LogP contribution in [0.5, 0.6) is 0 Å². The van der Waals surface area contributed by atoms with Gasteiger partial charge in [0.05, 0.1) is 19.5 Å². The fourth-order valence-corrected chi connectivity index (χ4v) is 2.75. The number of amides is 1. The standard InChI is InChI=1S/C17H15Cl2N5O3/c18-12-4-2-1-3-11(12)9-24-10-13(19)16(22-24)20-17(27)14-5-7-23(21-14)8-6-15(25)26/h1-5,7,10H,6,8-9H2,(H,25,26)(H,20,22,27). The van der Waals surface area contributed by atoms with E-state index in [0.29, 0.717) is 11.6 Å². The summed E-state index contributed by atoms with van der Waals surface area (Å²) in [5, 5.41) is 20.5. The number of hydrogen-bond acceptors (Lipinski definition) is 4. The van der Waals surface area contributed by atoms with Crippen LogP contribution in [-0.4, -0.2) is 36.5 Å². The lowest BCUT2D eigenvalue weighted by molar-refractivity contribution is -0.137. The number of halogens is 2. The molecule has 1 aromatic carbocycles. The fraction of sp³-hybridized carbons (Fsp3) is 0.176. The Hall–Kier alpha value is -2.84. The van der Waals surface area contributed by atoms with E-state index in [2.05, 4.69) is 15.5 Å². The summed E-state index contributed by atoms with van der Waals surface area (Å²) in [5.74, 6) is -1.23. The van der Waals surface area contributed by atoms with Crippen molar-refractivity contribution in [3.63, 3.8) is 0 Å². The Morgan fingerprint density at radius 3 is 2.59 bits per heavy atom. The van der Waals surface area contributed by atoms with Crippen molar-refractivity contribution in [1.29, 1.82) is 0 Å². The second-order valence-electron chi connectivity index (χ2n) is 5.68. The van der Waals surface area contributed by atoms with Gasteiger partial charge in [0.1, 0.15) is 5.02 Å². The van der Waals surface area contributed by atoms with Crippen LogP contribution in [0.2, 0.25) is 10.0 Å². The summed E-state index contributed by atoms with van der Waals surface area (Å²) in [5.41, 5.74) is 1.01. The van der Waals surface area contributed by atoms with Gasteiger partial charge in [0.25, 0.3) is 5.91 Å². The molecule has 0 aliphatic carbocycles. The molecule has 140 valence electrons. The summed E-state index contributed by atoms with van der Waals surface area (Å²) < 4.78 is 2.96. The zero-order chi connectivity index (χ0) is 19.4. The first-order chi connectivity index (χ1) is 12.9. The number of rotatable bonds is 7. The van der Waals surface area contributed by atoms with Crippen LogP contribution >= 0.6 is 23.2 Å². The maximum absolute atomic E-state index is 12.3. The highest BCUT2D eigenvalue weighted by Gasteiger charge is 2.15. The van der Waals surface area contributed by atoms with E-state index in [1.165, 1.54) is 16.9 Å². The molecule has 0 fully saturated rings. The lowest BCUT2D eigenvalue weighted by atomic mass is 10.2. The molecule has 2 N–H and O–H groups in total. The molecular formula is C17H15Cl2N5O3. The number of carboxylic acid groups (broad SMARTS) is 1. The summed E-state index contributed by atoms with van der Waals surface area (Å²) in [7, 11) is 0. The van der Waals surface area contributed by atoms with Gasteiger partial charge >= 0.3 is 5.97 Å². The Balaban J connectivity index is 1.67. The molecule has 27 heavy (non-hydrogen) atoms. The summed E-state index contributed by atoms with van der Waals surface area (Å²) in [4.78, 5) is 22.9. The van der Waals surface area contributed by atoms with Gasteiger partial charge in [-0.05, 0) is 17.7 Å². The zero-order valence-electron chi connectivity index (χ0n) is 14.0. The van der Waals surface area contributed by atoms with Gasteiger partial charge < -0.3 is 10.4 Å². The highest BCUT2D eigenvalue weighted by atomic mass is 35.5. The molecule has 0 unspecified atom stereocenters. The summed E-state index contributed by atoms with van der Waals surface area (Å²) in [6.07, 6.45) is 3.04. The minimum Gasteiger partial charge on any atom is -0.481 e. The molecule has 0 aliphatic heterocycles. The van der Waals surface area contributed by atoms with Crippen molar-refractivity contribution in [2.24, 2.45) is 0 Å². The molecule has 0 saturated heterocycles. The predicted octanol–water partition coefficient (Wildman–Crippen LogP) is 3.16. The van der Waals surface area contributed by atoms with Crippen molar-refractivity contribution < 1.29 is 14.7 Å². The third-order valence-corrected chi connectivity index (χ3v) is 4.31. The molecule has 3 aromatic rings. The maximum atomic E-state index is 12.3. The Bertz CT molecular complexity index is 983. The van der Waals surface area contributed by atoms with Gasteiger partial charge in [0, 0.05) is 17.4 Å². The van der Waals surface area contributed by atoms with E-state index in [4.69, 9.17) is 28.3 Å². The first-order valence-electron chi connectivity index (χ1n) is 7.95. The second kappa shape index (κ2) is 8.24. The van der Waals surface area contributed by atoms with E-state index in [0.717, 1.165) is 5.56 Å². The number of hydrogen-bond donors (Lipinski definition) is 2. The highest BCUT2D eigenvalue weighted by Crippen LogP contribution is 2.22. The van der Waals surface area contributed by atoms with Crippen LogP contribution in [0.1, 0.15) is 22.5 Å². The number of aryl methyl sites for hydroxylation is 1. The normalized spacial score (nSPS) is 10.7. The molecule has 10 heteroatoms. The van der Waals surface area contributed by atoms with Gasteiger partial charge in [-0.3, -0.25) is 19.0 Å². The zero-order valence-corrected chi connectivity index (χ0v) is 15.5. The molecule has 0 aliphatic rings. The summed E-state index contributed by atoms with van der Waals surface area (Å²) >= 11 is 12.3. The number of aromatic nitrogens is 4. The van der Waals surface area contributed by atoms with E-state index in [9.17, 15) is 9.59 Å². The lowest BCUT2D eigenvalue weighted by Crippen LogP contribution is -2.15. The minimum absolute atomic E-state index is 0.0823. The number of nitrogens with zero attached hydrogens (tertiary/aromatic N) is 4. The minimum atomic E-state index is -0.938. The summed E-state index contributed by atoms with van der Waals surface area (Å²) in [6.45, 7) is 0.578. The van der Waals surface area contributed by atoms with Crippen LogP contribution in [0.25, 0.3) is 0 Å². The molecular weight excluding hydrogens is 393 g/mol. The highest BCUT2D eigenvalue weighted by molar-refractivity contribution is 6.33. The Morgan fingerprint density at radius 1 is 1.07 bits per heavy atom. The molecule has 0 radical (unpaired) electrons. The lowest BCUT2D eigenvalue weighted by Gasteiger charge is -2.04. The molecule has 0 atom stereocenters. The monoisotopic (exact) mass is 407 g/mol. The van der Waals surface area contributed by atoms with Gasteiger partial charge in [0.15, 0.2) is 11.5 Å². The number of aliphatic carboxylic acids is 1. The van der Waals surface area contributed by atoms with Gasteiger partial charge in [-0.2, -0.15) is 10.2 Å². The van der Waals surface area contributed by atoms with Gasteiger partial charge in [0.2, 0.25) is 0 Å². The first kappa shape index (κ1) is 18.9. The maximum Gasteiger partial charge on any atom is 0.305 e. The van der Waals surface area contributed by atoms with Crippen molar-refractivity contribution >= 4 is 40.9 Å². The third kappa shape index (κ3) is 4.87. The van der Waals surface area contributed by atoms with Gasteiger partial charge in [-0.1, -0.05) is 41.4 Å². The van der Waals surface area contributed by atoms with E-state index < -0.39 is 11.9 Å².